The molecular weight excluding hydrogens is 300 g/mol. The summed E-state index contributed by atoms with van der Waals surface area (Å²) in [7, 11) is 1.37. The molecule has 4 aromatic rings. The SMILES string of the molecule is COC(=O)c1ccc2nc(-c3c(C)nc4sccn34)[nH]c2c1. The van der Waals surface area contributed by atoms with Crippen LogP contribution in [0, 0.1) is 6.92 Å². The molecule has 0 aliphatic carbocycles. The quantitative estimate of drug-likeness (QED) is 0.577. The van der Waals surface area contributed by atoms with Gasteiger partial charge in [0.25, 0.3) is 0 Å². The van der Waals surface area contributed by atoms with Gasteiger partial charge in [-0.05, 0) is 25.1 Å². The lowest BCUT2D eigenvalue weighted by atomic mass is 10.2. The van der Waals surface area contributed by atoms with Crippen molar-refractivity contribution in [2.24, 2.45) is 0 Å². The molecule has 3 heterocycles. The van der Waals surface area contributed by atoms with Gasteiger partial charge in [-0.15, -0.1) is 11.3 Å². The third-order valence-corrected chi connectivity index (χ3v) is 4.32. The molecule has 7 heteroatoms. The van der Waals surface area contributed by atoms with Gasteiger partial charge in [0.05, 0.1) is 29.4 Å². The van der Waals surface area contributed by atoms with Crippen LogP contribution in [0.2, 0.25) is 0 Å². The molecule has 0 amide bonds. The van der Waals surface area contributed by atoms with Crippen molar-refractivity contribution in [2.75, 3.05) is 7.11 Å². The molecule has 110 valence electrons. The number of nitrogens with zero attached hydrogens (tertiary/aromatic N) is 3. The molecule has 6 nitrogen and oxygen atoms in total. The van der Waals surface area contributed by atoms with E-state index in [0.717, 1.165) is 33.2 Å². The van der Waals surface area contributed by atoms with Crippen LogP contribution in [0.1, 0.15) is 16.1 Å². The number of imidazole rings is 2. The number of ether oxygens (including phenoxy) is 1. The highest BCUT2D eigenvalue weighted by Gasteiger charge is 2.16. The first kappa shape index (κ1) is 13.0. The molecule has 0 unspecified atom stereocenters. The van der Waals surface area contributed by atoms with Crippen LogP contribution in [0.4, 0.5) is 0 Å². The Bertz CT molecular complexity index is 1010. The smallest absolute Gasteiger partial charge is 0.337 e. The Morgan fingerprint density at radius 3 is 3.05 bits per heavy atom. The zero-order valence-corrected chi connectivity index (χ0v) is 12.8. The minimum absolute atomic E-state index is 0.362. The van der Waals surface area contributed by atoms with Crippen molar-refractivity contribution in [2.45, 2.75) is 6.92 Å². The monoisotopic (exact) mass is 312 g/mol. The summed E-state index contributed by atoms with van der Waals surface area (Å²) in [6, 6.07) is 5.27. The Hall–Kier alpha value is -2.67. The van der Waals surface area contributed by atoms with E-state index in [0.29, 0.717) is 5.56 Å². The Kier molecular flexibility index (Phi) is 2.77. The number of aryl methyl sites for hydroxylation is 1. The summed E-state index contributed by atoms with van der Waals surface area (Å²) >= 11 is 1.58. The Morgan fingerprint density at radius 2 is 2.23 bits per heavy atom. The minimum Gasteiger partial charge on any atom is -0.465 e. The maximum atomic E-state index is 11.6. The number of benzene rings is 1. The second kappa shape index (κ2) is 4.67. The van der Waals surface area contributed by atoms with E-state index in [1.165, 1.54) is 7.11 Å². The van der Waals surface area contributed by atoms with E-state index in [9.17, 15) is 4.79 Å². The molecule has 0 atom stereocenters. The highest BCUT2D eigenvalue weighted by molar-refractivity contribution is 7.15. The van der Waals surface area contributed by atoms with Crippen LogP contribution < -0.4 is 0 Å². The van der Waals surface area contributed by atoms with Crippen molar-refractivity contribution < 1.29 is 9.53 Å². The van der Waals surface area contributed by atoms with Gasteiger partial charge >= 0.3 is 5.97 Å². The number of rotatable bonds is 2. The van der Waals surface area contributed by atoms with Crippen LogP contribution in [-0.4, -0.2) is 32.4 Å². The van der Waals surface area contributed by atoms with Gasteiger partial charge in [-0.25, -0.2) is 14.8 Å². The lowest BCUT2D eigenvalue weighted by molar-refractivity contribution is 0.0601. The number of hydrogen-bond acceptors (Lipinski definition) is 5. The number of aromatic amines is 1. The van der Waals surface area contributed by atoms with Crippen LogP contribution in [0.3, 0.4) is 0 Å². The third kappa shape index (κ3) is 1.82. The van der Waals surface area contributed by atoms with Crippen LogP contribution in [-0.2, 0) is 4.74 Å². The second-order valence-corrected chi connectivity index (χ2v) is 5.78. The summed E-state index contributed by atoms with van der Waals surface area (Å²) in [5.41, 5.74) is 3.94. The van der Waals surface area contributed by atoms with Gasteiger partial charge in [-0.1, -0.05) is 0 Å². The van der Waals surface area contributed by atoms with E-state index in [-0.39, 0.29) is 5.97 Å². The molecule has 0 fully saturated rings. The molecule has 0 saturated carbocycles. The standard InChI is InChI=1S/C15H12N4O2S/c1-8-12(19-5-6-22-15(19)16-8)13-17-10-4-3-9(14(20)21-2)7-11(10)18-13/h3-7H,1-2H3,(H,17,18). The molecule has 0 saturated heterocycles. The summed E-state index contributed by atoms with van der Waals surface area (Å²) in [6.07, 6.45) is 1.97. The van der Waals surface area contributed by atoms with E-state index in [1.807, 2.05) is 29.0 Å². The molecule has 22 heavy (non-hydrogen) atoms. The average Bonchev–Trinajstić information content (AvgIpc) is 3.18. The normalized spacial score (nSPS) is 11.4. The highest BCUT2D eigenvalue weighted by Crippen LogP contribution is 2.27. The van der Waals surface area contributed by atoms with Gasteiger partial charge in [0, 0.05) is 11.6 Å². The minimum atomic E-state index is -0.362. The third-order valence-electron chi connectivity index (χ3n) is 3.56. The first-order chi connectivity index (χ1) is 10.7. The number of carbonyl (C=O) groups is 1. The Balaban J connectivity index is 1.91. The number of hydrogen-bond donors (Lipinski definition) is 1. The number of carbonyl (C=O) groups excluding carboxylic acids is 1. The lowest BCUT2D eigenvalue weighted by Crippen LogP contribution is -2.00. The van der Waals surface area contributed by atoms with Crippen molar-refractivity contribution in [3.8, 4) is 11.5 Å². The van der Waals surface area contributed by atoms with Crippen LogP contribution >= 0.6 is 11.3 Å². The molecule has 0 radical (unpaired) electrons. The summed E-state index contributed by atoms with van der Waals surface area (Å²) in [6.45, 7) is 1.96. The number of H-pyrrole nitrogens is 1. The van der Waals surface area contributed by atoms with E-state index in [1.54, 1.807) is 23.5 Å². The van der Waals surface area contributed by atoms with Crippen molar-refractivity contribution in [3.63, 3.8) is 0 Å². The van der Waals surface area contributed by atoms with Gasteiger partial charge < -0.3 is 9.72 Å². The Labute approximate surface area is 129 Å². The first-order valence-electron chi connectivity index (χ1n) is 6.68. The fourth-order valence-corrected chi connectivity index (χ4v) is 3.31. The zero-order chi connectivity index (χ0) is 15.3. The van der Waals surface area contributed by atoms with Crippen molar-refractivity contribution in [1.82, 2.24) is 19.4 Å². The van der Waals surface area contributed by atoms with Gasteiger partial charge in [0.1, 0.15) is 5.69 Å². The largest absolute Gasteiger partial charge is 0.465 e. The number of thiazole rings is 1. The van der Waals surface area contributed by atoms with E-state index in [2.05, 4.69) is 15.0 Å². The molecule has 1 aromatic carbocycles. The first-order valence-corrected chi connectivity index (χ1v) is 7.56. The number of aromatic nitrogens is 4. The summed E-state index contributed by atoms with van der Waals surface area (Å²) in [4.78, 5) is 25.0. The number of nitrogens with one attached hydrogen (secondary N) is 1. The van der Waals surface area contributed by atoms with Gasteiger partial charge in [0.15, 0.2) is 10.8 Å². The van der Waals surface area contributed by atoms with Crippen LogP contribution in [0.25, 0.3) is 27.5 Å². The van der Waals surface area contributed by atoms with Gasteiger partial charge in [0.2, 0.25) is 0 Å². The lowest BCUT2D eigenvalue weighted by Gasteiger charge is -1.97. The summed E-state index contributed by atoms with van der Waals surface area (Å²) < 4.78 is 6.76. The molecule has 0 aliphatic rings. The second-order valence-electron chi connectivity index (χ2n) is 4.91. The molecule has 0 spiro atoms. The fraction of sp³-hybridized carbons (Fsp3) is 0.133. The maximum Gasteiger partial charge on any atom is 0.337 e. The van der Waals surface area contributed by atoms with Gasteiger partial charge in [-0.2, -0.15) is 0 Å². The molecule has 0 aliphatic heterocycles. The number of fused-ring (bicyclic) bond motifs is 2. The van der Waals surface area contributed by atoms with Crippen molar-refractivity contribution in [1.29, 1.82) is 0 Å². The molecule has 4 rings (SSSR count). The predicted molar refractivity (Wildman–Crippen MR) is 84.2 cm³/mol. The fourth-order valence-electron chi connectivity index (χ4n) is 2.55. The maximum absolute atomic E-state index is 11.6. The Morgan fingerprint density at radius 1 is 1.36 bits per heavy atom. The number of esters is 1. The van der Waals surface area contributed by atoms with Crippen LogP contribution in [0.5, 0.6) is 0 Å². The topological polar surface area (TPSA) is 72.3 Å². The molecular formula is C15H12N4O2S. The van der Waals surface area contributed by atoms with Crippen molar-refractivity contribution >= 4 is 33.3 Å². The van der Waals surface area contributed by atoms with E-state index < -0.39 is 0 Å². The average molecular weight is 312 g/mol. The van der Waals surface area contributed by atoms with Gasteiger partial charge in [-0.3, -0.25) is 4.40 Å². The summed E-state index contributed by atoms with van der Waals surface area (Å²) in [5.74, 6) is 0.374. The predicted octanol–water partition coefficient (Wildman–Crippen LogP) is 3.03. The molecule has 0 bridgehead atoms. The highest BCUT2D eigenvalue weighted by atomic mass is 32.1. The number of methoxy groups -OCH3 is 1. The van der Waals surface area contributed by atoms with E-state index in [4.69, 9.17) is 4.74 Å². The van der Waals surface area contributed by atoms with Crippen LogP contribution in [0.15, 0.2) is 29.8 Å². The van der Waals surface area contributed by atoms with E-state index >= 15 is 0 Å². The van der Waals surface area contributed by atoms with Crippen molar-refractivity contribution in [3.05, 3.63) is 41.0 Å². The zero-order valence-electron chi connectivity index (χ0n) is 12.0. The molecule has 3 aromatic heterocycles. The molecule has 1 N–H and O–H groups in total. The summed E-state index contributed by atoms with van der Waals surface area (Å²) in [5, 5.41) is 1.99.